The first-order chi connectivity index (χ1) is 12.6. The molecule has 1 aromatic rings. The van der Waals surface area contributed by atoms with Crippen molar-refractivity contribution in [3.8, 4) is 0 Å². The molecule has 12 heteroatoms. The Balaban J connectivity index is 2.47. The van der Waals surface area contributed by atoms with E-state index in [0.29, 0.717) is 12.1 Å². The summed E-state index contributed by atoms with van der Waals surface area (Å²) in [5.41, 5.74) is -3.08. The lowest BCUT2D eigenvalue weighted by molar-refractivity contribution is -0.384. The lowest BCUT2D eigenvalue weighted by atomic mass is 10.1. The second-order valence-corrected chi connectivity index (χ2v) is 5.41. The number of carbonyl (C=O) groups excluding carboxylic acids is 2. The van der Waals surface area contributed by atoms with Gasteiger partial charge in [0, 0.05) is 12.6 Å². The van der Waals surface area contributed by atoms with Crippen molar-refractivity contribution in [2.75, 3.05) is 32.1 Å². The van der Waals surface area contributed by atoms with Crippen molar-refractivity contribution in [2.24, 2.45) is 0 Å². The number of ether oxygens (including phenoxy) is 1. The summed E-state index contributed by atoms with van der Waals surface area (Å²) >= 11 is 0. The third-order valence-electron chi connectivity index (χ3n) is 3.73. The van der Waals surface area contributed by atoms with E-state index in [1.807, 2.05) is 0 Å². The van der Waals surface area contributed by atoms with Gasteiger partial charge in [-0.25, -0.2) is 4.79 Å². The zero-order valence-corrected chi connectivity index (χ0v) is 13.9. The van der Waals surface area contributed by atoms with Crippen molar-refractivity contribution in [2.45, 2.75) is 6.18 Å². The summed E-state index contributed by atoms with van der Waals surface area (Å²) in [6, 6.07) is 1.73. The average molecular weight is 389 g/mol. The summed E-state index contributed by atoms with van der Waals surface area (Å²) in [6.45, 7) is -0.726. The molecule has 146 valence electrons. The Morgan fingerprint density at radius 1 is 1.44 bits per heavy atom. The molecule has 0 radical (unpaired) electrons. The Hall–Kier alpha value is -3.15. The van der Waals surface area contributed by atoms with Crippen LogP contribution in [0.15, 0.2) is 29.5 Å². The summed E-state index contributed by atoms with van der Waals surface area (Å²) in [6.07, 6.45) is -4.79. The number of alkyl halides is 3. The van der Waals surface area contributed by atoms with Gasteiger partial charge in [0.1, 0.15) is 11.4 Å². The van der Waals surface area contributed by atoms with Crippen LogP contribution in [-0.4, -0.2) is 53.6 Å². The predicted molar refractivity (Wildman–Crippen MR) is 84.4 cm³/mol. The highest BCUT2D eigenvalue weighted by Gasteiger charge is 2.37. The maximum absolute atomic E-state index is 12.8. The minimum absolute atomic E-state index is 0.111. The number of aliphatic hydroxyl groups is 1. The highest BCUT2D eigenvalue weighted by atomic mass is 19.4. The van der Waals surface area contributed by atoms with Crippen LogP contribution in [0.25, 0.3) is 0 Å². The number of halogens is 3. The molecule has 1 amide bonds. The number of nitro benzene ring substituents is 1. The first-order valence-electron chi connectivity index (χ1n) is 7.44. The third kappa shape index (κ3) is 4.16. The molecule has 27 heavy (non-hydrogen) atoms. The third-order valence-corrected chi connectivity index (χ3v) is 3.73. The first-order valence-corrected chi connectivity index (χ1v) is 7.44. The Morgan fingerprint density at radius 3 is 2.63 bits per heavy atom. The number of hydrogen-bond donors (Lipinski definition) is 2. The van der Waals surface area contributed by atoms with Gasteiger partial charge in [-0.15, -0.1) is 0 Å². The Labute approximate surface area is 150 Å². The van der Waals surface area contributed by atoms with Crippen LogP contribution in [0.4, 0.5) is 24.5 Å². The fourth-order valence-corrected chi connectivity index (χ4v) is 2.45. The Morgan fingerprint density at radius 2 is 2.11 bits per heavy atom. The summed E-state index contributed by atoms with van der Waals surface area (Å²) in [7, 11) is 1.06. The topological polar surface area (TPSA) is 122 Å². The van der Waals surface area contributed by atoms with Crippen LogP contribution in [0.5, 0.6) is 0 Å². The van der Waals surface area contributed by atoms with E-state index in [1.54, 1.807) is 0 Å². The number of nitrogens with one attached hydrogen (secondary N) is 1. The van der Waals surface area contributed by atoms with E-state index in [4.69, 9.17) is 5.11 Å². The van der Waals surface area contributed by atoms with Crippen LogP contribution in [0, 0.1) is 10.1 Å². The monoisotopic (exact) mass is 389 g/mol. The van der Waals surface area contributed by atoms with Crippen LogP contribution < -0.4 is 5.32 Å². The molecule has 1 aliphatic rings. The molecule has 1 aromatic carbocycles. The van der Waals surface area contributed by atoms with Crippen molar-refractivity contribution >= 4 is 23.3 Å². The van der Waals surface area contributed by atoms with Crippen molar-refractivity contribution < 1.29 is 37.5 Å². The van der Waals surface area contributed by atoms with E-state index in [1.165, 1.54) is 0 Å². The fourth-order valence-electron chi connectivity index (χ4n) is 2.45. The Bertz CT molecular complexity index is 822. The molecule has 0 spiro atoms. The highest BCUT2D eigenvalue weighted by molar-refractivity contribution is 6.08. The Kier molecular flexibility index (Phi) is 5.69. The minimum Gasteiger partial charge on any atom is -0.466 e. The van der Waals surface area contributed by atoms with E-state index in [0.717, 1.165) is 18.1 Å². The van der Waals surface area contributed by atoms with Gasteiger partial charge < -0.3 is 20.1 Å². The first kappa shape index (κ1) is 20.2. The van der Waals surface area contributed by atoms with Gasteiger partial charge in [-0.3, -0.25) is 14.9 Å². The van der Waals surface area contributed by atoms with E-state index >= 15 is 0 Å². The number of esters is 1. The molecule has 0 unspecified atom stereocenters. The van der Waals surface area contributed by atoms with Crippen LogP contribution in [0.1, 0.15) is 5.56 Å². The van der Waals surface area contributed by atoms with Gasteiger partial charge in [0.05, 0.1) is 36.3 Å². The second-order valence-electron chi connectivity index (χ2n) is 5.41. The fraction of sp³-hybridized carbons (Fsp3) is 0.333. The normalized spacial score (nSPS) is 14.6. The number of nitrogens with zero attached hydrogens (tertiary/aromatic N) is 2. The maximum Gasteiger partial charge on any atom is 0.416 e. The molecule has 0 aromatic heterocycles. The largest absolute Gasteiger partial charge is 0.466 e. The SMILES string of the molecule is COC(=O)C1=C(Nc2ccc(C(F)(F)F)cc2[N+](=O)[O-])C(=O)N(CCO)C1. The summed E-state index contributed by atoms with van der Waals surface area (Å²) in [5.74, 6) is -1.64. The number of rotatable bonds is 6. The number of nitro groups is 1. The van der Waals surface area contributed by atoms with Gasteiger partial charge in [0.2, 0.25) is 0 Å². The van der Waals surface area contributed by atoms with Crippen LogP contribution >= 0.6 is 0 Å². The molecule has 0 saturated carbocycles. The number of aliphatic hydroxyl groups excluding tert-OH is 1. The molecule has 1 aliphatic heterocycles. The van der Waals surface area contributed by atoms with Gasteiger partial charge in [-0.1, -0.05) is 0 Å². The summed E-state index contributed by atoms with van der Waals surface area (Å²) in [5, 5.41) is 22.5. The second kappa shape index (κ2) is 7.61. The van der Waals surface area contributed by atoms with Gasteiger partial charge in [-0.2, -0.15) is 13.2 Å². The van der Waals surface area contributed by atoms with Crippen molar-refractivity contribution in [3.05, 3.63) is 45.1 Å². The molecule has 0 aliphatic carbocycles. The molecule has 0 saturated heterocycles. The summed E-state index contributed by atoms with van der Waals surface area (Å²) in [4.78, 5) is 35.4. The van der Waals surface area contributed by atoms with Crippen molar-refractivity contribution in [1.82, 2.24) is 4.90 Å². The zero-order chi connectivity index (χ0) is 20.4. The molecular weight excluding hydrogens is 375 g/mol. The van der Waals surface area contributed by atoms with E-state index < -0.39 is 46.5 Å². The maximum atomic E-state index is 12.8. The predicted octanol–water partition coefficient (Wildman–Crippen LogP) is 1.29. The quantitative estimate of drug-likeness (QED) is 0.427. The number of amides is 1. The zero-order valence-electron chi connectivity index (χ0n) is 13.9. The number of benzene rings is 1. The van der Waals surface area contributed by atoms with Crippen molar-refractivity contribution in [3.63, 3.8) is 0 Å². The molecule has 9 nitrogen and oxygen atoms in total. The standard InChI is InChI=1S/C15H14F3N3O6/c1-27-14(24)9-7-20(4-5-22)13(23)12(9)19-10-3-2-8(15(16,17)18)6-11(10)21(25)26/h2-3,6,19,22H,4-5,7H2,1H3. The highest BCUT2D eigenvalue weighted by Crippen LogP contribution is 2.36. The van der Waals surface area contributed by atoms with Gasteiger partial charge in [0.15, 0.2) is 0 Å². The molecule has 2 N–H and O–H groups in total. The van der Waals surface area contributed by atoms with Crippen molar-refractivity contribution in [1.29, 1.82) is 0 Å². The molecule has 0 fully saturated rings. The van der Waals surface area contributed by atoms with E-state index in [-0.39, 0.29) is 24.4 Å². The summed E-state index contributed by atoms with van der Waals surface area (Å²) < 4.78 is 42.9. The number of β-amino-alcohol motifs (C(OH)–C–C–N with tert-alkyl or cyclic N) is 1. The molecule has 0 atom stereocenters. The van der Waals surface area contributed by atoms with Gasteiger partial charge >= 0.3 is 12.1 Å². The number of carbonyl (C=O) groups is 2. The smallest absolute Gasteiger partial charge is 0.416 e. The van der Waals surface area contributed by atoms with Crippen LogP contribution in [0.2, 0.25) is 0 Å². The van der Waals surface area contributed by atoms with E-state index in [9.17, 15) is 32.9 Å². The van der Waals surface area contributed by atoms with Gasteiger partial charge in [-0.05, 0) is 12.1 Å². The molecule has 0 bridgehead atoms. The van der Waals surface area contributed by atoms with Crippen LogP contribution in [0.3, 0.4) is 0 Å². The number of hydrogen-bond acceptors (Lipinski definition) is 7. The molecule has 2 rings (SSSR count). The van der Waals surface area contributed by atoms with E-state index in [2.05, 4.69) is 10.1 Å². The number of methoxy groups -OCH3 is 1. The lowest BCUT2D eigenvalue weighted by Crippen LogP contribution is -2.31. The minimum atomic E-state index is -4.79. The lowest BCUT2D eigenvalue weighted by Gasteiger charge is -2.15. The average Bonchev–Trinajstić information content (AvgIpc) is 2.90. The molecular formula is C15H14F3N3O6. The molecule has 1 heterocycles. The van der Waals surface area contributed by atoms with Gasteiger partial charge in [0.25, 0.3) is 11.6 Å². The number of anilines is 1. The van der Waals surface area contributed by atoms with Crippen LogP contribution in [-0.2, 0) is 20.5 Å².